The van der Waals surface area contributed by atoms with Gasteiger partial charge in [0.05, 0.1) is 9.82 Å². The fourth-order valence-electron chi connectivity index (χ4n) is 1.84. The first-order valence-electron chi connectivity index (χ1n) is 5.55. The van der Waals surface area contributed by atoms with Crippen molar-refractivity contribution in [3.63, 3.8) is 0 Å². The topological polar surface area (TPSA) is 69.4 Å². The first kappa shape index (κ1) is 13.1. The van der Waals surface area contributed by atoms with Gasteiger partial charge < -0.3 is 0 Å². The van der Waals surface area contributed by atoms with E-state index in [2.05, 4.69) is 0 Å². The van der Waals surface area contributed by atoms with Crippen molar-refractivity contribution < 1.29 is 17.7 Å². The average molecular weight is 273 g/mol. The van der Waals surface area contributed by atoms with Crippen LogP contribution in [0.15, 0.2) is 29.2 Å². The van der Waals surface area contributed by atoms with E-state index in [1.165, 1.54) is 24.3 Å². The summed E-state index contributed by atoms with van der Waals surface area (Å²) in [5.74, 6) is 0. The molecular formula is C11H12FNO4S. The number of nitro benzene ring substituents is 1. The number of hydrogen-bond acceptors (Lipinski definition) is 4. The highest BCUT2D eigenvalue weighted by atomic mass is 32.2. The molecule has 1 aliphatic rings. The third-order valence-electron chi connectivity index (χ3n) is 2.82. The van der Waals surface area contributed by atoms with Crippen LogP contribution in [0.3, 0.4) is 0 Å². The van der Waals surface area contributed by atoms with Gasteiger partial charge in [0, 0.05) is 12.1 Å². The molecule has 1 aromatic carbocycles. The van der Waals surface area contributed by atoms with Gasteiger partial charge in [-0.05, 0) is 31.4 Å². The van der Waals surface area contributed by atoms with Crippen LogP contribution in [0, 0.1) is 10.1 Å². The number of hydrogen-bond donors (Lipinski definition) is 0. The zero-order valence-electron chi connectivity index (χ0n) is 9.45. The lowest BCUT2D eigenvalue weighted by atomic mass is 10.3. The highest BCUT2D eigenvalue weighted by molar-refractivity contribution is 7.80. The van der Waals surface area contributed by atoms with E-state index in [0.717, 1.165) is 6.42 Å². The molecule has 0 heterocycles. The van der Waals surface area contributed by atoms with Gasteiger partial charge in [0.15, 0.2) is 11.1 Å². The molecule has 3 atom stereocenters. The van der Waals surface area contributed by atoms with Crippen LogP contribution in [-0.2, 0) is 15.3 Å². The van der Waals surface area contributed by atoms with E-state index >= 15 is 0 Å². The molecule has 0 amide bonds. The van der Waals surface area contributed by atoms with E-state index in [1.54, 1.807) is 0 Å². The minimum absolute atomic E-state index is 0.0833. The van der Waals surface area contributed by atoms with Gasteiger partial charge in [-0.3, -0.25) is 14.3 Å². The molecule has 0 N–H and O–H groups in total. The molecule has 0 aromatic heterocycles. The predicted molar refractivity (Wildman–Crippen MR) is 63.1 cm³/mol. The van der Waals surface area contributed by atoms with E-state index in [0.29, 0.717) is 17.7 Å². The third kappa shape index (κ3) is 2.91. The molecule has 98 valence electrons. The smallest absolute Gasteiger partial charge is 0.269 e. The summed E-state index contributed by atoms with van der Waals surface area (Å²) in [5.41, 5.74) is -0.0833. The molecule has 1 fully saturated rings. The number of halogens is 1. The Morgan fingerprint density at radius 2 is 2.00 bits per heavy atom. The number of alkyl halides is 1. The van der Waals surface area contributed by atoms with E-state index in [-0.39, 0.29) is 5.69 Å². The van der Waals surface area contributed by atoms with E-state index in [1.807, 2.05) is 0 Å². The SMILES string of the molecule is O=[N+]([O-])c1ccc(S(=O)OC2CCCC2F)cc1. The van der Waals surface area contributed by atoms with Crippen molar-refractivity contribution in [3.8, 4) is 0 Å². The van der Waals surface area contributed by atoms with Crippen LogP contribution in [0.2, 0.25) is 0 Å². The first-order valence-corrected chi connectivity index (χ1v) is 6.63. The van der Waals surface area contributed by atoms with Crippen LogP contribution in [0.1, 0.15) is 19.3 Å². The van der Waals surface area contributed by atoms with Crippen LogP contribution in [-0.4, -0.2) is 21.4 Å². The normalized spacial score (nSPS) is 24.9. The third-order valence-corrected chi connectivity index (χ3v) is 3.90. The van der Waals surface area contributed by atoms with Gasteiger partial charge in [-0.15, -0.1) is 0 Å². The van der Waals surface area contributed by atoms with Gasteiger partial charge in [0.25, 0.3) is 5.69 Å². The second-order valence-electron chi connectivity index (χ2n) is 4.07. The fourth-order valence-corrected chi connectivity index (χ4v) is 2.75. The maximum atomic E-state index is 13.3. The molecule has 18 heavy (non-hydrogen) atoms. The summed E-state index contributed by atoms with van der Waals surface area (Å²) in [6, 6.07) is 5.21. The van der Waals surface area contributed by atoms with E-state index in [4.69, 9.17) is 4.18 Å². The van der Waals surface area contributed by atoms with Crippen LogP contribution in [0.5, 0.6) is 0 Å². The monoisotopic (exact) mass is 273 g/mol. The lowest BCUT2D eigenvalue weighted by molar-refractivity contribution is -0.384. The van der Waals surface area contributed by atoms with Crippen molar-refractivity contribution >= 4 is 16.8 Å². The quantitative estimate of drug-likeness (QED) is 0.624. The molecule has 2 rings (SSSR count). The van der Waals surface area contributed by atoms with Crippen molar-refractivity contribution in [2.24, 2.45) is 0 Å². The van der Waals surface area contributed by atoms with Crippen LogP contribution in [0.4, 0.5) is 10.1 Å². The Balaban J connectivity index is 2.02. The average Bonchev–Trinajstić information content (AvgIpc) is 2.75. The molecule has 0 radical (unpaired) electrons. The molecular weight excluding hydrogens is 261 g/mol. The second-order valence-corrected chi connectivity index (χ2v) is 5.20. The predicted octanol–water partition coefficient (Wildman–Crippen LogP) is 2.52. The number of non-ortho nitro benzene ring substituents is 1. The Bertz CT molecular complexity index is 465. The Kier molecular flexibility index (Phi) is 4.03. The molecule has 0 saturated heterocycles. The van der Waals surface area contributed by atoms with Gasteiger partial charge >= 0.3 is 0 Å². The summed E-state index contributed by atoms with van der Waals surface area (Å²) in [6.45, 7) is 0. The minimum Gasteiger partial charge on any atom is -0.280 e. The molecule has 0 aliphatic heterocycles. The number of nitro groups is 1. The molecule has 1 aliphatic carbocycles. The Morgan fingerprint density at radius 1 is 1.33 bits per heavy atom. The van der Waals surface area contributed by atoms with Gasteiger partial charge in [-0.2, -0.15) is 0 Å². The summed E-state index contributed by atoms with van der Waals surface area (Å²) in [6.07, 6.45) is -0.00119. The molecule has 0 spiro atoms. The van der Waals surface area contributed by atoms with Gasteiger partial charge in [0.1, 0.15) is 12.3 Å². The fraction of sp³-hybridized carbons (Fsp3) is 0.455. The zero-order chi connectivity index (χ0) is 13.1. The molecule has 1 saturated carbocycles. The van der Waals surface area contributed by atoms with E-state index < -0.39 is 28.3 Å². The Hall–Kier alpha value is -1.34. The molecule has 5 nitrogen and oxygen atoms in total. The van der Waals surface area contributed by atoms with Crippen molar-refractivity contribution in [3.05, 3.63) is 34.4 Å². The van der Waals surface area contributed by atoms with Gasteiger partial charge in [-0.25, -0.2) is 8.60 Å². The van der Waals surface area contributed by atoms with Crippen molar-refractivity contribution in [1.29, 1.82) is 0 Å². The first-order chi connectivity index (χ1) is 8.58. The van der Waals surface area contributed by atoms with E-state index in [9.17, 15) is 18.7 Å². The summed E-state index contributed by atoms with van der Waals surface area (Å²) in [4.78, 5) is 10.2. The largest absolute Gasteiger partial charge is 0.280 e. The summed E-state index contributed by atoms with van der Waals surface area (Å²) < 4.78 is 30.2. The maximum absolute atomic E-state index is 13.3. The summed E-state index contributed by atoms with van der Waals surface area (Å²) >= 11 is -1.78. The maximum Gasteiger partial charge on any atom is 0.269 e. The Morgan fingerprint density at radius 3 is 2.50 bits per heavy atom. The standard InChI is InChI=1S/C11H12FNO4S/c12-10-2-1-3-11(10)17-18(16)9-6-4-8(5-7-9)13(14)15/h4-7,10-11H,1-3H2. The second kappa shape index (κ2) is 5.53. The summed E-state index contributed by atoms with van der Waals surface area (Å²) in [7, 11) is 0. The molecule has 1 aromatic rings. The lowest BCUT2D eigenvalue weighted by Gasteiger charge is -2.12. The molecule has 0 bridgehead atoms. The number of benzene rings is 1. The highest BCUT2D eigenvalue weighted by Gasteiger charge is 2.30. The lowest BCUT2D eigenvalue weighted by Crippen LogP contribution is -2.20. The molecule has 7 heteroatoms. The highest BCUT2D eigenvalue weighted by Crippen LogP contribution is 2.27. The van der Waals surface area contributed by atoms with Crippen LogP contribution >= 0.6 is 0 Å². The van der Waals surface area contributed by atoms with Crippen LogP contribution in [0.25, 0.3) is 0 Å². The van der Waals surface area contributed by atoms with Crippen molar-refractivity contribution in [2.75, 3.05) is 0 Å². The van der Waals surface area contributed by atoms with Crippen molar-refractivity contribution in [1.82, 2.24) is 0 Å². The van der Waals surface area contributed by atoms with Crippen LogP contribution < -0.4 is 0 Å². The number of nitrogens with zero attached hydrogens (tertiary/aromatic N) is 1. The summed E-state index contributed by atoms with van der Waals surface area (Å²) in [5, 5.41) is 10.5. The zero-order valence-corrected chi connectivity index (χ0v) is 10.3. The Labute approximate surface area is 106 Å². The van der Waals surface area contributed by atoms with Gasteiger partial charge in [0.2, 0.25) is 0 Å². The number of rotatable bonds is 4. The molecule has 3 unspecified atom stereocenters. The van der Waals surface area contributed by atoms with Gasteiger partial charge in [-0.1, -0.05) is 0 Å². The minimum atomic E-state index is -1.78. The van der Waals surface area contributed by atoms with Crippen molar-refractivity contribution in [2.45, 2.75) is 36.4 Å².